The molecule has 0 fully saturated rings. The molecule has 4 nitrogen and oxygen atoms in total. The maximum atomic E-state index is 11.9. The van der Waals surface area contributed by atoms with Crippen LogP contribution >= 0.6 is 11.8 Å². The molecule has 0 aliphatic carbocycles. The predicted molar refractivity (Wildman–Crippen MR) is 85.4 cm³/mol. The van der Waals surface area contributed by atoms with Gasteiger partial charge in [-0.05, 0) is 39.8 Å². The number of nitrogens with zero attached hydrogens (tertiary/aromatic N) is 2. The fraction of sp³-hybridized carbons (Fsp3) is 0.375. The summed E-state index contributed by atoms with van der Waals surface area (Å²) < 4.78 is 5.29. The second-order valence-corrected chi connectivity index (χ2v) is 5.91. The van der Waals surface area contributed by atoms with Gasteiger partial charge >= 0.3 is 0 Å². The molecule has 0 bridgehead atoms. The molecular formula is C16H20N2O2S. The molecule has 0 saturated heterocycles. The van der Waals surface area contributed by atoms with Crippen molar-refractivity contribution in [2.75, 3.05) is 18.0 Å². The molecular weight excluding hydrogens is 284 g/mol. The molecule has 112 valence electrons. The monoisotopic (exact) mass is 304 g/mol. The zero-order valence-electron chi connectivity index (χ0n) is 12.8. The summed E-state index contributed by atoms with van der Waals surface area (Å²) in [5.41, 5.74) is 0.670. The van der Waals surface area contributed by atoms with Gasteiger partial charge < -0.3 is 9.32 Å². The molecule has 21 heavy (non-hydrogen) atoms. The Balaban J connectivity index is 2.33. The fourth-order valence-corrected chi connectivity index (χ4v) is 3.01. The second-order valence-electron chi connectivity index (χ2n) is 4.77. The molecule has 0 aliphatic heterocycles. The first-order chi connectivity index (χ1) is 10.0. The molecule has 0 spiro atoms. The molecule has 0 amide bonds. The van der Waals surface area contributed by atoms with Gasteiger partial charge in [-0.1, -0.05) is 11.8 Å². The highest BCUT2D eigenvalue weighted by atomic mass is 32.2. The van der Waals surface area contributed by atoms with Crippen LogP contribution < -0.4 is 4.90 Å². The van der Waals surface area contributed by atoms with E-state index in [0.29, 0.717) is 5.56 Å². The van der Waals surface area contributed by atoms with Gasteiger partial charge in [0.15, 0.2) is 5.78 Å². The Morgan fingerprint density at radius 2 is 2.00 bits per heavy atom. The van der Waals surface area contributed by atoms with Gasteiger partial charge in [0, 0.05) is 24.2 Å². The van der Waals surface area contributed by atoms with Crippen LogP contribution in [0.25, 0.3) is 0 Å². The summed E-state index contributed by atoms with van der Waals surface area (Å²) in [4.78, 5) is 20.5. The quantitative estimate of drug-likeness (QED) is 0.749. The van der Waals surface area contributed by atoms with Gasteiger partial charge in [-0.15, -0.1) is 0 Å². The molecule has 2 aromatic heterocycles. The number of carbonyl (C=O) groups is 1. The molecule has 0 saturated carbocycles. The summed E-state index contributed by atoms with van der Waals surface area (Å²) in [7, 11) is 0. The van der Waals surface area contributed by atoms with Crippen LogP contribution in [0.5, 0.6) is 0 Å². The first-order valence-corrected chi connectivity index (χ1v) is 7.85. The van der Waals surface area contributed by atoms with Gasteiger partial charge in [-0.2, -0.15) is 0 Å². The molecule has 0 unspecified atom stereocenters. The summed E-state index contributed by atoms with van der Waals surface area (Å²) >= 11 is 1.55. The topological polar surface area (TPSA) is 46.3 Å². The van der Waals surface area contributed by atoms with E-state index in [4.69, 9.17) is 4.42 Å². The number of hydrogen-bond donors (Lipinski definition) is 0. The number of ketones is 1. The van der Waals surface area contributed by atoms with Gasteiger partial charge in [0.05, 0.1) is 10.5 Å². The van der Waals surface area contributed by atoms with Crippen LogP contribution in [0.15, 0.2) is 38.8 Å². The van der Waals surface area contributed by atoms with Crippen LogP contribution in [-0.4, -0.2) is 23.9 Å². The minimum atomic E-state index is 0.0372. The summed E-state index contributed by atoms with van der Waals surface area (Å²) in [6.45, 7) is 9.28. The predicted octanol–water partition coefficient (Wildman–Crippen LogP) is 4.18. The van der Waals surface area contributed by atoms with Crippen molar-refractivity contribution in [3.8, 4) is 0 Å². The van der Waals surface area contributed by atoms with E-state index in [0.717, 1.165) is 34.5 Å². The Bertz CT molecular complexity index is 633. The number of aromatic nitrogens is 1. The van der Waals surface area contributed by atoms with Crippen LogP contribution in [0.2, 0.25) is 0 Å². The van der Waals surface area contributed by atoms with Crippen LogP contribution in [0.4, 0.5) is 5.82 Å². The van der Waals surface area contributed by atoms with Crippen LogP contribution in [0.3, 0.4) is 0 Å². The van der Waals surface area contributed by atoms with Gasteiger partial charge in [-0.25, -0.2) is 4.98 Å². The van der Waals surface area contributed by atoms with Crippen molar-refractivity contribution in [2.45, 2.75) is 37.5 Å². The van der Waals surface area contributed by atoms with Crippen LogP contribution in [0.1, 0.15) is 36.9 Å². The van der Waals surface area contributed by atoms with E-state index < -0.39 is 0 Å². The van der Waals surface area contributed by atoms with Crippen molar-refractivity contribution in [1.82, 2.24) is 4.98 Å². The normalized spacial score (nSPS) is 10.7. The number of rotatable bonds is 6. The minimum absolute atomic E-state index is 0.0372. The van der Waals surface area contributed by atoms with Crippen molar-refractivity contribution in [3.63, 3.8) is 0 Å². The summed E-state index contributed by atoms with van der Waals surface area (Å²) in [5.74, 6) is 1.67. The standard InChI is InChI=1S/C16H20N2O2S/c1-5-18(6-2)16-15(12(4)19)8-13(9-17-16)21-14-7-11(3)20-10-14/h7-10H,5-6H2,1-4H3. The number of anilines is 1. The Morgan fingerprint density at radius 1 is 1.29 bits per heavy atom. The Labute approximate surface area is 129 Å². The smallest absolute Gasteiger partial charge is 0.163 e. The highest BCUT2D eigenvalue weighted by Gasteiger charge is 2.15. The third-order valence-electron chi connectivity index (χ3n) is 3.23. The maximum Gasteiger partial charge on any atom is 0.163 e. The zero-order valence-corrected chi connectivity index (χ0v) is 13.7. The molecule has 0 aliphatic rings. The van der Waals surface area contributed by atoms with E-state index >= 15 is 0 Å². The first-order valence-electron chi connectivity index (χ1n) is 7.04. The van der Waals surface area contributed by atoms with Gasteiger partial charge in [-0.3, -0.25) is 4.79 Å². The lowest BCUT2D eigenvalue weighted by atomic mass is 10.2. The Kier molecular flexibility index (Phi) is 5.07. The minimum Gasteiger partial charge on any atom is -0.468 e. The molecule has 0 atom stereocenters. The van der Waals surface area contributed by atoms with Crippen LogP contribution in [-0.2, 0) is 0 Å². The van der Waals surface area contributed by atoms with Crippen molar-refractivity contribution >= 4 is 23.4 Å². The summed E-state index contributed by atoms with van der Waals surface area (Å²) in [6, 6.07) is 3.88. The first kappa shape index (κ1) is 15.6. The molecule has 0 aromatic carbocycles. The lowest BCUT2D eigenvalue weighted by Gasteiger charge is -2.22. The molecule has 5 heteroatoms. The van der Waals surface area contributed by atoms with E-state index in [1.165, 1.54) is 0 Å². The van der Waals surface area contributed by atoms with Gasteiger partial charge in [0.1, 0.15) is 17.8 Å². The number of aryl methyl sites for hydroxylation is 1. The average Bonchev–Trinajstić information content (AvgIpc) is 2.86. The highest BCUT2D eigenvalue weighted by molar-refractivity contribution is 7.99. The van der Waals surface area contributed by atoms with Gasteiger partial charge in [0.2, 0.25) is 0 Å². The number of pyridine rings is 1. The third kappa shape index (κ3) is 3.67. The molecule has 2 aromatic rings. The largest absolute Gasteiger partial charge is 0.468 e. The van der Waals surface area contributed by atoms with Crippen molar-refractivity contribution in [1.29, 1.82) is 0 Å². The summed E-state index contributed by atoms with van der Waals surface area (Å²) in [6.07, 6.45) is 3.53. The van der Waals surface area contributed by atoms with Crippen LogP contribution in [0, 0.1) is 6.92 Å². The van der Waals surface area contributed by atoms with Crippen molar-refractivity contribution < 1.29 is 9.21 Å². The number of Topliss-reactive ketones (excluding diaryl/α,β-unsaturated/α-hetero) is 1. The van der Waals surface area contributed by atoms with E-state index in [1.54, 1.807) is 24.9 Å². The van der Waals surface area contributed by atoms with E-state index in [1.807, 2.05) is 25.3 Å². The fourth-order valence-electron chi connectivity index (χ4n) is 2.14. The lowest BCUT2D eigenvalue weighted by molar-refractivity contribution is 0.101. The van der Waals surface area contributed by atoms with E-state index in [-0.39, 0.29) is 5.78 Å². The molecule has 0 radical (unpaired) electrons. The van der Waals surface area contributed by atoms with E-state index in [9.17, 15) is 4.79 Å². The van der Waals surface area contributed by atoms with Crippen molar-refractivity contribution in [2.24, 2.45) is 0 Å². The maximum absolute atomic E-state index is 11.9. The zero-order chi connectivity index (χ0) is 15.4. The highest BCUT2D eigenvalue weighted by Crippen LogP contribution is 2.31. The SMILES string of the molecule is CCN(CC)c1ncc(Sc2coc(C)c2)cc1C(C)=O. The Hall–Kier alpha value is -1.75. The number of hydrogen-bond acceptors (Lipinski definition) is 5. The van der Waals surface area contributed by atoms with E-state index in [2.05, 4.69) is 23.7 Å². The third-order valence-corrected chi connectivity index (χ3v) is 4.13. The number of carbonyl (C=O) groups excluding carboxylic acids is 1. The van der Waals surface area contributed by atoms with Gasteiger partial charge in [0.25, 0.3) is 0 Å². The average molecular weight is 304 g/mol. The summed E-state index contributed by atoms with van der Waals surface area (Å²) in [5, 5.41) is 0. The Morgan fingerprint density at radius 3 is 2.52 bits per heavy atom. The number of furan rings is 1. The molecule has 0 N–H and O–H groups in total. The van der Waals surface area contributed by atoms with Crippen molar-refractivity contribution in [3.05, 3.63) is 35.9 Å². The molecule has 2 heterocycles. The lowest BCUT2D eigenvalue weighted by Crippen LogP contribution is -2.25. The molecule has 2 rings (SSSR count). The second kappa shape index (κ2) is 6.80.